The van der Waals surface area contributed by atoms with E-state index in [1.54, 1.807) is 0 Å². The predicted molar refractivity (Wildman–Crippen MR) is 64.4 cm³/mol. The van der Waals surface area contributed by atoms with E-state index in [1.165, 1.54) is 0 Å². The molecule has 2 rings (SSSR count). The topological polar surface area (TPSA) is 29.1 Å². The van der Waals surface area contributed by atoms with Crippen LogP contribution < -0.4 is 5.32 Å². The minimum Gasteiger partial charge on any atom is -0.388 e. The molecule has 0 radical (unpaired) electrons. The number of Topliss-reactive ketones (excluding diaryl/α,β-unsaturated/α-hetero) is 1. The van der Waals surface area contributed by atoms with Crippen molar-refractivity contribution in [3.8, 4) is 0 Å². The molecule has 0 saturated carbocycles. The van der Waals surface area contributed by atoms with Crippen molar-refractivity contribution in [3.05, 3.63) is 40.0 Å². The normalized spacial score (nSPS) is 19.0. The van der Waals surface area contributed by atoms with Crippen molar-refractivity contribution < 1.29 is 4.79 Å². The maximum Gasteiger partial charge on any atom is 0.140 e. The highest BCUT2D eigenvalue weighted by atomic mass is 79.9. The molecule has 3 heteroatoms. The standard InChI is InChI=1S/C12H12BrNO/c13-12-4-2-1-3-9(12)7-10-8-11(15)5-6-14-10/h1-4,7,14H,5-6,8H2/b10-7+. The second-order valence-electron chi connectivity index (χ2n) is 3.58. The minimum absolute atomic E-state index is 0.312. The van der Waals surface area contributed by atoms with Crippen molar-refractivity contribution in [3.63, 3.8) is 0 Å². The Bertz CT molecular complexity index is 412. The van der Waals surface area contributed by atoms with Gasteiger partial charge in [-0.25, -0.2) is 0 Å². The van der Waals surface area contributed by atoms with Gasteiger partial charge in [0.15, 0.2) is 0 Å². The molecule has 0 amide bonds. The third kappa shape index (κ3) is 2.69. The maximum absolute atomic E-state index is 11.3. The number of carbonyl (C=O) groups is 1. The first-order valence-electron chi connectivity index (χ1n) is 4.96. The van der Waals surface area contributed by atoms with Gasteiger partial charge in [-0.1, -0.05) is 34.1 Å². The highest BCUT2D eigenvalue weighted by molar-refractivity contribution is 9.10. The quantitative estimate of drug-likeness (QED) is 0.846. The van der Waals surface area contributed by atoms with Gasteiger partial charge in [0.05, 0.1) is 0 Å². The van der Waals surface area contributed by atoms with Crippen molar-refractivity contribution in [2.24, 2.45) is 0 Å². The van der Waals surface area contributed by atoms with Gasteiger partial charge in [0.1, 0.15) is 5.78 Å². The molecule has 1 aromatic rings. The van der Waals surface area contributed by atoms with Gasteiger partial charge in [-0.05, 0) is 17.7 Å². The van der Waals surface area contributed by atoms with Crippen molar-refractivity contribution >= 4 is 27.8 Å². The smallest absolute Gasteiger partial charge is 0.140 e. The summed E-state index contributed by atoms with van der Waals surface area (Å²) in [5, 5.41) is 3.24. The zero-order valence-corrected chi connectivity index (χ0v) is 9.88. The molecule has 0 atom stereocenters. The summed E-state index contributed by atoms with van der Waals surface area (Å²) in [4.78, 5) is 11.3. The van der Waals surface area contributed by atoms with Gasteiger partial charge in [0, 0.05) is 29.6 Å². The molecule has 15 heavy (non-hydrogen) atoms. The number of rotatable bonds is 1. The number of hydrogen-bond donors (Lipinski definition) is 1. The Labute approximate surface area is 97.5 Å². The average molecular weight is 266 g/mol. The Balaban J connectivity index is 2.22. The fourth-order valence-corrected chi connectivity index (χ4v) is 2.01. The molecular formula is C12H12BrNO. The highest BCUT2D eigenvalue weighted by Crippen LogP contribution is 2.20. The zero-order chi connectivity index (χ0) is 10.7. The molecule has 0 unspecified atom stereocenters. The number of nitrogens with one attached hydrogen (secondary N) is 1. The summed E-state index contributed by atoms with van der Waals surface area (Å²) in [6.07, 6.45) is 3.20. The van der Waals surface area contributed by atoms with E-state index >= 15 is 0 Å². The molecule has 0 spiro atoms. The van der Waals surface area contributed by atoms with Crippen LogP contribution in [0.1, 0.15) is 18.4 Å². The Hall–Kier alpha value is -1.09. The lowest BCUT2D eigenvalue weighted by Crippen LogP contribution is -2.25. The first-order chi connectivity index (χ1) is 7.25. The van der Waals surface area contributed by atoms with Crippen LogP contribution in [0, 0.1) is 0 Å². The van der Waals surface area contributed by atoms with Gasteiger partial charge in [-0.15, -0.1) is 0 Å². The van der Waals surface area contributed by atoms with Gasteiger partial charge in [-0.3, -0.25) is 4.79 Å². The molecule has 1 saturated heterocycles. The third-order valence-corrected chi connectivity index (χ3v) is 3.10. The van der Waals surface area contributed by atoms with Crippen molar-refractivity contribution in [2.75, 3.05) is 6.54 Å². The summed E-state index contributed by atoms with van der Waals surface area (Å²) in [7, 11) is 0. The van der Waals surface area contributed by atoms with E-state index in [0.29, 0.717) is 18.6 Å². The van der Waals surface area contributed by atoms with E-state index in [4.69, 9.17) is 0 Å². The lowest BCUT2D eigenvalue weighted by molar-refractivity contribution is -0.119. The number of allylic oxidation sites excluding steroid dienone is 1. The third-order valence-electron chi connectivity index (χ3n) is 2.38. The first-order valence-corrected chi connectivity index (χ1v) is 5.76. The van der Waals surface area contributed by atoms with E-state index in [0.717, 1.165) is 22.3 Å². The molecule has 0 aliphatic carbocycles. The second-order valence-corrected chi connectivity index (χ2v) is 4.44. The Morgan fingerprint density at radius 3 is 2.87 bits per heavy atom. The summed E-state index contributed by atoms with van der Waals surface area (Å²) in [5.74, 6) is 0.312. The summed E-state index contributed by atoms with van der Waals surface area (Å²) in [5.41, 5.74) is 2.12. The van der Waals surface area contributed by atoms with E-state index in [-0.39, 0.29) is 0 Å². The molecule has 1 aliphatic rings. The van der Waals surface area contributed by atoms with Gasteiger partial charge in [0.25, 0.3) is 0 Å². The molecule has 1 heterocycles. The molecule has 2 nitrogen and oxygen atoms in total. The molecule has 1 N–H and O–H groups in total. The number of halogens is 1. The number of hydrogen-bond acceptors (Lipinski definition) is 2. The number of benzene rings is 1. The van der Waals surface area contributed by atoms with Crippen LogP contribution in [0.2, 0.25) is 0 Å². The van der Waals surface area contributed by atoms with Crippen LogP contribution in [0.5, 0.6) is 0 Å². The van der Waals surface area contributed by atoms with Gasteiger partial charge < -0.3 is 5.32 Å². The van der Waals surface area contributed by atoms with Gasteiger partial charge in [-0.2, -0.15) is 0 Å². The number of ketones is 1. The lowest BCUT2D eigenvalue weighted by atomic mass is 10.1. The van der Waals surface area contributed by atoms with Gasteiger partial charge in [0.2, 0.25) is 0 Å². The Morgan fingerprint density at radius 1 is 1.33 bits per heavy atom. The fourth-order valence-electron chi connectivity index (χ4n) is 1.61. The predicted octanol–water partition coefficient (Wildman–Crippen LogP) is 2.74. The Kier molecular flexibility index (Phi) is 3.21. The lowest BCUT2D eigenvalue weighted by Gasteiger charge is -2.16. The molecule has 1 aliphatic heterocycles. The number of piperidine rings is 1. The summed E-state index contributed by atoms with van der Waals surface area (Å²) in [6.45, 7) is 0.759. The van der Waals surface area contributed by atoms with Crippen LogP contribution in [-0.2, 0) is 4.79 Å². The minimum atomic E-state index is 0.312. The zero-order valence-electron chi connectivity index (χ0n) is 8.29. The van der Waals surface area contributed by atoms with E-state index in [9.17, 15) is 4.79 Å². The van der Waals surface area contributed by atoms with Crippen LogP contribution in [0.4, 0.5) is 0 Å². The second kappa shape index (κ2) is 4.62. The van der Waals surface area contributed by atoms with E-state index in [1.807, 2.05) is 30.3 Å². The molecule has 0 bridgehead atoms. The highest BCUT2D eigenvalue weighted by Gasteiger charge is 2.12. The Morgan fingerprint density at radius 2 is 2.13 bits per heavy atom. The molecular weight excluding hydrogens is 254 g/mol. The van der Waals surface area contributed by atoms with E-state index in [2.05, 4.69) is 21.2 Å². The van der Waals surface area contributed by atoms with Crippen LogP contribution in [-0.4, -0.2) is 12.3 Å². The summed E-state index contributed by atoms with van der Waals surface area (Å²) in [6, 6.07) is 7.99. The fraction of sp³-hybridized carbons (Fsp3) is 0.250. The van der Waals surface area contributed by atoms with Crippen LogP contribution >= 0.6 is 15.9 Å². The number of carbonyl (C=O) groups excluding carboxylic acids is 1. The molecule has 78 valence electrons. The van der Waals surface area contributed by atoms with Crippen molar-refractivity contribution in [1.82, 2.24) is 5.32 Å². The molecule has 1 aromatic carbocycles. The van der Waals surface area contributed by atoms with Gasteiger partial charge >= 0.3 is 0 Å². The maximum atomic E-state index is 11.3. The SMILES string of the molecule is O=C1CCN/C(=C/c2ccccc2Br)C1. The van der Waals surface area contributed by atoms with E-state index < -0.39 is 0 Å². The van der Waals surface area contributed by atoms with Crippen molar-refractivity contribution in [1.29, 1.82) is 0 Å². The molecule has 1 fully saturated rings. The molecule has 0 aromatic heterocycles. The van der Waals surface area contributed by atoms with Crippen LogP contribution in [0.15, 0.2) is 34.4 Å². The summed E-state index contributed by atoms with van der Waals surface area (Å²) < 4.78 is 1.05. The van der Waals surface area contributed by atoms with Crippen LogP contribution in [0.3, 0.4) is 0 Å². The average Bonchev–Trinajstić information content (AvgIpc) is 2.22. The largest absolute Gasteiger partial charge is 0.388 e. The monoisotopic (exact) mass is 265 g/mol. The van der Waals surface area contributed by atoms with Crippen LogP contribution in [0.25, 0.3) is 6.08 Å². The summed E-state index contributed by atoms with van der Waals surface area (Å²) >= 11 is 3.48. The van der Waals surface area contributed by atoms with Crippen molar-refractivity contribution in [2.45, 2.75) is 12.8 Å². The first kappa shape index (κ1) is 10.4.